The highest BCUT2D eigenvalue weighted by Gasteiger charge is 2.24. The minimum absolute atomic E-state index is 0.395. The van der Waals surface area contributed by atoms with Crippen molar-refractivity contribution < 1.29 is 4.74 Å². The van der Waals surface area contributed by atoms with E-state index in [0.29, 0.717) is 6.04 Å². The molecule has 4 nitrogen and oxygen atoms in total. The van der Waals surface area contributed by atoms with Gasteiger partial charge in [0.1, 0.15) is 5.75 Å². The van der Waals surface area contributed by atoms with Gasteiger partial charge < -0.3 is 10.1 Å². The fourth-order valence-electron chi connectivity index (χ4n) is 2.78. The number of piperazine rings is 1. The molecule has 2 aromatic rings. The van der Waals surface area contributed by atoms with Crippen molar-refractivity contribution in [1.29, 1.82) is 0 Å². The summed E-state index contributed by atoms with van der Waals surface area (Å²) in [6.45, 7) is 6.05. The van der Waals surface area contributed by atoms with Crippen LogP contribution in [0, 0.1) is 6.92 Å². The van der Waals surface area contributed by atoms with E-state index in [0.717, 1.165) is 36.9 Å². The Morgan fingerprint density at radius 1 is 1.38 bits per heavy atom. The molecule has 0 radical (unpaired) electrons. The summed E-state index contributed by atoms with van der Waals surface area (Å²) in [5, 5.41) is 6.80. The van der Waals surface area contributed by atoms with Gasteiger partial charge in [-0.15, -0.1) is 11.3 Å². The van der Waals surface area contributed by atoms with Crippen molar-refractivity contribution in [2.75, 3.05) is 26.7 Å². The molecule has 0 amide bonds. The number of nitrogens with one attached hydrogen (secondary N) is 1. The molecule has 5 heteroatoms. The van der Waals surface area contributed by atoms with Gasteiger partial charge in [-0.25, -0.2) is 4.98 Å². The predicted octanol–water partition coefficient (Wildman–Crippen LogP) is 2.61. The maximum Gasteiger partial charge on any atom is 0.118 e. The molecular formula is C16H21N3OS. The minimum Gasteiger partial charge on any atom is -0.497 e. The Kier molecular flexibility index (Phi) is 4.53. The van der Waals surface area contributed by atoms with Gasteiger partial charge in [0.25, 0.3) is 0 Å². The van der Waals surface area contributed by atoms with Crippen LogP contribution in [0.25, 0.3) is 0 Å². The average molecular weight is 303 g/mol. The summed E-state index contributed by atoms with van der Waals surface area (Å²) in [7, 11) is 1.70. The van der Waals surface area contributed by atoms with E-state index in [-0.39, 0.29) is 0 Å². The van der Waals surface area contributed by atoms with Crippen molar-refractivity contribution in [2.24, 2.45) is 0 Å². The van der Waals surface area contributed by atoms with Crippen LogP contribution in [0.5, 0.6) is 5.75 Å². The second-order valence-electron chi connectivity index (χ2n) is 5.32. The molecule has 2 heterocycles. The van der Waals surface area contributed by atoms with Gasteiger partial charge in [0.2, 0.25) is 0 Å². The Hall–Kier alpha value is -1.43. The third kappa shape index (κ3) is 3.43. The minimum atomic E-state index is 0.395. The molecule has 0 aliphatic carbocycles. The molecule has 0 saturated carbocycles. The third-order valence-electron chi connectivity index (χ3n) is 3.89. The number of nitrogens with zero attached hydrogens (tertiary/aromatic N) is 2. The van der Waals surface area contributed by atoms with E-state index in [1.165, 1.54) is 11.3 Å². The van der Waals surface area contributed by atoms with Gasteiger partial charge in [0.05, 0.1) is 17.8 Å². The zero-order valence-electron chi connectivity index (χ0n) is 12.5. The molecule has 1 aromatic carbocycles. The Morgan fingerprint density at radius 2 is 2.19 bits per heavy atom. The van der Waals surface area contributed by atoms with Gasteiger partial charge in [0, 0.05) is 37.6 Å². The summed E-state index contributed by atoms with van der Waals surface area (Å²) >= 11 is 1.73. The van der Waals surface area contributed by atoms with Crippen molar-refractivity contribution in [3.05, 3.63) is 45.9 Å². The van der Waals surface area contributed by atoms with E-state index in [1.54, 1.807) is 18.4 Å². The number of thiazole rings is 1. The third-order valence-corrected chi connectivity index (χ3v) is 4.71. The molecule has 112 valence electrons. The molecule has 1 saturated heterocycles. The lowest BCUT2D eigenvalue weighted by Crippen LogP contribution is -2.45. The highest BCUT2D eigenvalue weighted by Crippen LogP contribution is 2.26. The zero-order valence-corrected chi connectivity index (χ0v) is 13.3. The predicted molar refractivity (Wildman–Crippen MR) is 85.9 cm³/mol. The number of methoxy groups -OCH3 is 1. The first-order chi connectivity index (χ1) is 10.3. The first-order valence-corrected chi connectivity index (χ1v) is 8.14. The van der Waals surface area contributed by atoms with Gasteiger partial charge >= 0.3 is 0 Å². The van der Waals surface area contributed by atoms with E-state index >= 15 is 0 Å². The van der Waals surface area contributed by atoms with Crippen molar-refractivity contribution in [3.63, 3.8) is 0 Å². The lowest BCUT2D eigenvalue weighted by Gasteiger charge is -2.36. The molecular weight excluding hydrogens is 282 g/mol. The van der Waals surface area contributed by atoms with Crippen molar-refractivity contribution in [1.82, 2.24) is 15.2 Å². The van der Waals surface area contributed by atoms with Crippen molar-refractivity contribution in [3.8, 4) is 5.75 Å². The van der Waals surface area contributed by atoms with Crippen LogP contribution in [0.2, 0.25) is 0 Å². The number of rotatable bonds is 4. The van der Waals surface area contributed by atoms with Crippen molar-refractivity contribution >= 4 is 11.3 Å². The van der Waals surface area contributed by atoms with Crippen LogP contribution in [0.1, 0.15) is 22.3 Å². The summed E-state index contributed by atoms with van der Waals surface area (Å²) in [6, 6.07) is 8.79. The van der Waals surface area contributed by atoms with E-state index in [2.05, 4.69) is 39.6 Å². The Labute approximate surface area is 129 Å². The molecule has 21 heavy (non-hydrogen) atoms. The Morgan fingerprint density at radius 3 is 2.86 bits per heavy atom. The highest BCUT2D eigenvalue weighted by atomic mass is 32.1. The summed E-state index contributed by atoms with van der Waals surface area (Å²) in [5.74, 6) is 0.907. The molecule has 0 spiro atoms. The lowest BCUT2D eigenvalue weighted by atomic mass is 10.0. The standard InChI is InChI=1S/C16H21N3OS/c1-12-18-14(11-21-12)10-19-8-7-17-9-16(19)13-3-5-15(20-2)6-4-13/h3-6,11,16-17H,7-10H2,1-2H3/t16-/m0/s1. The molecule has 0 unspecified atom stereocenters. The molecule has 1 aliphatic rings. The largest absolute Gasteiger partial charge is 0.497 e. The van der Waals surface area contributed by atoms with E-state index in [4.69, 9.17) is 4.74 Å². The van der Waals surface area contributed by atoms with E-state index in [9.17, 15) is 0 Å². The fraction of sp³-hybridized carbons (Fsp3) is 0.438. The summed E-state index contributed by atoms with van der Waals surface area (Å²) < 4.78 is 5.24. The van der Waals surface area contributed by atoms with Crippen LogP contribution in [0.3, 0.4) is 0 Å². The van der Waals surface area contributed by atoms with Crippen molar-refractivity contribution in [2.45, 2.75) is 19.5 Å². The fourth-order valence-corrected chi connectivity index (χ4v) is 3.38. The first kappa shape index (κ1) is 14.5. The van der Waals surface area contributed by atoms with E-state index < -0.39 is 0 Å². The Balaban J connectivity index is 1.76. The number of hydrogen-bond acceptors (Lipinski definition) is 5. The van der Waals surface area contributed by atoms with Crippen LogP contribution in [0.4, 0.5) is 0 Å². The summed E-state index contributed by atoms with van der Waals surface area (Å²) in [6.07, 6.45) is 0. The summed E-state index contributed by atoms with van der Waals surface area (Å²) in [5.41, 5.74) is 2.51. The topological polar surface area (TPSA) is 37.4 Å². The highest BCUT2D eigenvalue weighted by molar-refractivity contribution is 7.09. The van der Waals surface area contributed by atoms with Crippen LogP contribution in [-0.4, -0.2) is 36.6 Å². The Bertz CT molecular complexity index is 581. The molecule has 1 aromatic heterocycles. The number of aryl methyl sites for hydroxylation is 1. The van der Waals surface area contributed by atoms with Gasteiger partial charge in [-0.05, 0) is 24.6 Å². The van der Waals surface area contributed by atoms with Gasteiger partial charge in [-0.2, -0.15) is 0 Å². The number of hydrogen-bond donors (Lipinski definition) is 1. The molecule has 1 fully saturated rings. The maximum atomic E-state index is 5.24. The second-order valence-corrected chi connectivity index (χ2v) is 6.38. The van der Waals surface area contributed by atoms with Gasteiger partial charge in [-0.1, -0.05) is 12.1 Å². The molecule has 1 aliphatic heterocycles. The molecule has 1 N–H and O–H groups in total. The number of benzene rings is 1. The first-order valence-electron chi connectivity index (χ1n) is 7.26. The van der Waals surface area contributed by atoms with Gasteiger partial charge in [0.15, 0.2) is 0 Å². The van der Waals surface area contributed by atoms with Crippen LogP contribution in [0.15, 0.2) is 29.6 Å². The zero-order chi connectivity index (χ0) is 14.7. The molecule has 1 atom stereocenters. The normalized spacial score (nSPS) is 19.6. The average Bonchev–Trinajstić information content (AvgIpc) is 2.93. The number of aromatic nitrogens is 1. The monoisotopic (exact) mass is 303 g/mol. The quantitative estimate of drug-likeness (QED) is 0.942. The smallest absolute Gasteiger partial charge is 0.118 e. The molecule has 0 bridgehead atoms. The van der Waals surface area contributed by atoms with Crippen LogP contribution in [-0.2, 0) is 6.54 Å². The SMILES string of the molecule is COc1ccc([C@@H]2CNCCN2Cc2csc(C)n2)cc1. The lowest BCUT2D eigenvalue weighted by molar-refractivity contribution is 0.152. The maximum absolute atomic E-state index is 5.24. The second kappa shape index (κ2) is 6.56. The number of ether oxygens (including phenoxy) is 1. The molecule has 3 rings (SSSR count). The van der Waals surface area contributed by atoms with Crippen LogP contribution >= 0.6 is 11.3 Å². The van der Waals surface area contributed by atoms with Gasteiger partial charge in [-0.3, -0.25) is 4.90 Å². The van der Waals surface area contributed by atoms with E-state index in [1.807, 2.05) is 12.1 Å². The van der Waals surface area contributed by atoms with Crippen LogP contribution < -0.4 is 10.1 Å². The summed E-state index contributed by atoms with van der Waals surface area (Å²) in [4.78, 5) is 7.10.